The lowest BCUT2D eigenvalue weighted by molar-refractivity contribution is -0.146. The van der Waals surface area contributed by atoms with Crippen molar-refractivity contribution < 1.29 is 23.8 Å². The number of hydrogen-bond acceptors (Lipinski definition) is 6. The van der Waals surface area contributed by atoms with E-state index in [-0.39, 0.29) is 18.8 Å². The van der Waals surface area contributed by atoms with Crippen LogP contribution in [0.1, 0.15) is 6.42 Å². The SMILES string of the molecule is O=C(O)CO[C@H]1CCOC[C@H]1Nc1nc2ccccc2o1. The van der Waals surface area contributed by atoms with Crippen molar-refractivity contribution in [3.05, 3.63) is 24.3 Å². The normalized spacial score (nSPS) is 22.3. The van der Waals surface area contributed by atoms with Crippen molar-refractivity contribution in [1.29, 1.82) is 0 Å². The Labute approximate surface area is 120 Å². The van der Waals surface area contributed by atoms with Gasteiger partial charge < -0.3 is 24.3 Å². The summed E-state index contributed by atoms with van der Waals surface area (Å²) < 4.78 is 16.4. The van der Waals surface area contributed by atoms with Crippen molar-refractivity contribution in [2.24, 2.45) is 0 Å². The molecule has 0 amide bonds. The minimum Gasteiger partial charge on any atom is -0.480 e. The Morgan fingerprint density at radius 1 is 1.48 bits per heavy atom. The third kappa shape index (κ3) is 3.32. The van der Waals surface area contributed by atoms with E-state index in [4.69, 9.17) is 19.0 Å². The largest absolute Gasteiger partial charge is 0.480 e. The maximum atomic E-state index is 10.6. The third-order valence-electron chi connectivity index (χ3n) is 3.32. The first-order valence-electron chi connectivity index (χ1n) is 6.75. The summed E-state index contributed by atoms with van der Waals surface area (Å²) in [6, 6.07) is 7.65. The standard InChI is InChI=1S/C14H16N2O5/c17-13(18)8-20-11-5-6-19-7-10(11)16-14-15-9-3-1-2-4-12(9)21-14/h1-4,10-11H,5-8H2,(H,15,16)(H,17,18)/t10-,11+/m1/s1. The molecule has 1 aliphatic rings. The summed E-state index contributed by atoms with van der Waals surface area (Å²) in [5.41, 5.74) is 1.46. The molecule has 3 rings (SSSR count). The van der Waals surface area contributed by atoms with Gasteiger partial charge in [0, 0.05) is 6.61 Å². The molecule has 2 heterocycles. The van der Waals surface area contributed by atoms with E-state index < -0.39 is 5.97 Å². The summed E-state index contributed by atoms with van der Waals surface area (Å²) in [4.78, 5) is 14.9. The monoisotopic (exact) mass is 292 g/mol. The molecule has 7 nitrogen and oxygen atoms in total. The van der Waals surface area contributed by atoms with E-state index in [0.717, 1.165) is 5.52 Å². The van der Waals surface area contributed by atoms with Gasteiger partial charge in [-0.2, -0.15) is 4.98 Å². The highest BCUT2D eigenvalue weighted by Gasteiger charge is 2.28. The van der Waals surface area contributed by atoms with E-state index in [0.29, 0.717) is 31.2 Å². The summed E-state index contributed by atoms with van der Waals surface area (Å²) in [6.07, 6.45) is 0.385. The van der Waals surface area contributed by atoms with Gasteiger partial charge in [-0.25, -0.2) is 4.79 Å². The summed E-state index contributed by atoms with van der Waals surface area (Å²) in [7, 11) is 0. The molecule has 1 aromatic heterocycles. The topological polar surface area (TPSA) is 93.8 Å². The lowest BCUT2D eigenvalue weighted by Crippen LogP contribution is -2.44. The van der Waals surface area contributed by atoms with Crippen LogP contribution in [0.15, 0.2) is 28.7 Å². The van der Waals surface area contributed by atoms with Crippen LogP contribution in [-0.2, 0) is 14.3 Å². The number of nitrogens with zero attached hydrogens (tertiary/aromatic N) is 1. The molecule has 7 heteroatoms. The van der Waals surface area contributed by atoms with Crippen molar-refractivity contribution in [3.63, 3.8) is 0 Å². The summed E-state index contributed by atoms with van der Waals surface area (Å²) in [5, 5.41) is 11.8. The van der Waals surface area contributed by atoms with E-state index in [1.807, 2.05) is 24.3 Å². The first-order chi connectivity index (χ1) is 10.2. The van der Waals surface area contributed by atoms with Gasteiger partial charge >= 0.3 is 5.97 Å². The molecule has 0 aliphatic carbocycles. The van der Waals surface area contributed by atoms with Gasteiger partial charge in [-0.1, -0.05) is 12.1 Å². The number of anilines is 1. The quantitative estimate of drug-likeness (QED) is 0.862. The van der Waals surface area contributed by atoms with Gasteiger partial charge in [0.05, 0.1) is 18.8 Å². The Balaban J connectivity index is 1.69. The lowest BCUT2D eigenvalue weighted by Gasteiger charge is -2.31. The van der Waals surface area contributed by atoms with Crippen LogP contribution in [0.2, 0.25) is 0 Å². The number of fused-ring (bicyclic) bond motifs is 1. The van der Waals surface area contributed by atoms with Crippen LogP contribution in [-0.4, -0.2) is 48.0 Å². The Kier molecular flexibility index (Phi) is 4.03. The highest BCUT2D eigenvalue weighted by molar-refractivity contribution is 5.74. The fourth-order valence-electron chi connectivity index (χ4n) is 2.32. The molecule has 2 N–H and O–H groups in total. The number of aliphatic carboxylic acids is 1. The Morgan fingerprint density at radius 3 is 3.14 bits per heavy atom. The molecule has 2 atom stereocenters. The van der Waals surface area contributed by atoms with Crippen molar-refractivity contribution in [3.8, 4) is 0 Å². The first-order valence-corrected chi connectivity index (χ1v) is 6.75. The first kappa shape index (κ1) is 13.8. The fraction of sp³-hybridized carbons (Fsp3) is 0.429. The molecular formula is C14H16N2O5. The number of carboxylic acid groups (broad SMARTS) is 1. The van der Waals surface area contributed by atoms with Gasteiger partial charge in [0.2, 0.25) is 0 Å². The van der Waals surface area contributed by atoms with Crippen LogP contribution in [0.4, 0.5) is 6.01 Å². The average molecular weight is 292 g/mol. The molecule has 0 saturated carbocycles. The molecule has 0 spiro atoms. The number of carbonyl (C=O) groups is 1. The van der Waals surface area contributed by atoms with E-state index in [9.17, 15) is 4.79 Å². The van der Waals surface area contributed by atoms with Crippen LogP contribution in [0.3, 0.4) is 0 Å². The number of nitrogens with one attached hydrogen (secondary N) is 1. The fourth-order valence-corrected chi connectivity index (χ4v) is 2.32. The molecule has 0 bridgehead atoms. The van der Waals surface area contributed by atoms with Crippen LogP contribution < -0.4 is 5.32 Å². The zero-order chi connectivity index (χ0) is 14.7. The van der Waals surface area contributed by atoms with E-state index in [1.54, 1.807) is 0 Å². The van der Waals surface area contributed by atoms with Gasteiger partial charge in [-0.05, 0) is 18.6 Å². The molecule has 1 saturated heterocycles. The number of ether oxygens (including phenoxy) is 2. The number of benzene rings is 1. The smallest absolute Gasteiger partial charge is 0.329 e. The number of oxazole rings is 1. The zero-order valence-corrected chi connectivity index (χ0v) is 11.3. The zero-order valence-electron chi connectivity index (χ0n) is 11.3. The molecular weight excluding hydrogens is 276 g/mol. The predicted octanol–water partition coefficient (Wildman–Crippen LogP) is 1.50. The molecule has 2 aromatic rings. The highest BCUT2D eigenvalue weighted by atomic mass is 16.5. The van der Waals surface area contributed by atoms with Gasteiger partial charge in [0.25, 0.3) is 6.01 Å². The summed E-state index contributed by atoms with van der Waals surface area (Å²) >= 11 is 0. The minimum atomic E-state index is -0.984. The van der Waals surface area contributed by atoms with Crippen LogP contribution >= 0.6 is 0 Å². The number of hydrogen-bond donors (Lipinski definition) is 2. The number of rotatable bonds is 5. The average Bonchev–Trinajstić information content (AvgIpc) is 2.88. The van der Waals surface area contributed by atoms with Crippen molar-refractivity contribution >= 4 is 23.1 Å². The minimum absolute atomic E-state index is 0.189. The van der Waals surface area contributed by atoms with Crippen molar-refractivity contribution in [2.45, 2.75) is 18.6 Å². The Bertz CT molecular complexity index is 594. The van der Waals surface area contributed by atoms with Gasteiger partial charge in [-0.15, -0.1) is 0 Å². The summed E-state index contributed by atoms with van der Waals surface area (Å²) in [6.45, 7) is 0.648. The highest BCUT2D eigenvalue weighted by Crippen LogP contribution is 2.21. The van der Waals surface area contributed by atoms with E-state index in [1.165, 1.54) is 0 Å². The number of carboxylic acids is 1. The molecule has 0 unspecified atom stereocenters. The molecule has 21 heavy (non-hydrogen) atoms. The second-order valence-electron chi connectivity index (χ2n) is 4.84. The van der Waals surface area contributed by atoms with Gasteiger partial charge in [-0.3, -0.25) is 0 Å². The van der Waals surface area contributed by atoms with Crippen LogP contribution in [0, 0.1) is 0 Å². The maximum absolute atomic E-state index is 10.6. The second-order valence-corrected chi connectivity index (χ2v) is 4.84. The number of aromatic nitrogens is 1. The summed E-state index contributed by atoms with van der Waals surface area (Å²) in [5.74, 6) is -0.984. The van der Waals surface area contributed by atoms with E-state index in [2.05, 4.69) is 10.3 Å². The predicted molar refractivity (Wildman–Crippen MR) is 74.2 cm³/mol. The second kappa shape index (κ2) is 6.11. The van der Waals surface area contributed by atoms with Crippen LogP contribution in [0.5, 0.6) is 0 Å². The molecule has 112 valence electrons. The molecule has 1 fully saturated rings. The lowest BCUT2D eigenvalue weighted by atomic mass is 10.1. The van der Waals surface area contributed by atoms with Crippen LogP contribution in [0.25, 0.3) is 11.1 Å². The molecule has 0 radical (unpaired) electrons. The van der Waals surface area contributed by atoms with E-state index >= 15 is 0 Å². The number of para-hydroxylation sites is 2. The van der Waals surface area contributed by atoms with Crippen molar-refractivity contribution in [2.75, 3.05) is 25.1 Å². The van der Waals surface area contributed by atoms with Gasteiger partial charge in [0.15, 0.2) is 5.58 Å². The molecule has 1 aliphatic heterocycles. The third-order valence-corrected chi connectivity index (χ3v) is 3.32. The maximum Gasteiger partial charge on any atom is 0.329 e. The Morgan fingerprint density at radius 2 is 2.33 bits per heavy atom. The Hall–Kier alpha value is -2.12. The van der Waals surface area contributed by atoms with Gasteiger partial charge in [0.1, 0.15) is 12.1 Å². The molecule has 1 aromatic carbocycles. The van der Waals surface area contributed by atoms with Crippen molar-refractivity contribution in [1.82, 2.24) is 4.98 Å².